The van der Waals surface area contributed by atoms with Crippen LogP contribution < -0.4 is 4.74 Å². The lowest BCUT2D eigenvalue weighted by Crippen LogP contribution is -1.91. The highest BCUT2D eigenvalue weighted by Crippen LogP contribution is 2.19. The molecule has 0 bridgehead atoms. The van der Waals surface area contributed by atoms with Crippen molar-refractivity contribution >= 4 is 5.65 Å². The Morgan fingerprint density at radius 2 is 2.12 bits per heavy atom. The molecule has 0 radical (unpaired) electrons. The molecule has 0 aromatic carbocycles. The second-order valence-electron chi connectivity index (χ2n) is 3.56. The maximum absolute atomic E-state index is 5.19. The van der Waals surface area contributed by atoms with Crippen LogP contribution in [0.25, 0.3) is 17.0 Å². The van der Waals surface area contributed by atoms with Crippen LogP contribution in [-0.2, 0) is 0 Å². The molecule has 3 aromatic heterocycles. The Hall–Kier alpha value is -2.43. The summed E-state index contributed by atoms with van der Waals surface area (Å²) in [6.07, 6.45) is 5.35. The largest absolute Gasteiger partial charge is 0.495 e. The van der Waals surface area contributed by atoms with Gasteiger partial charge in [-0.3, -0.25) is 9.38 Å². The number of nitrogens with zero attached hydrogens (tertiary/aromatic N) is 4. The lowest BCUT2D eigenvalue weighted by Gasteiger charge is -2.02. The van der Waals surface area contributed by atoms with Gasteiger partial charge < -0.3 is 4.74 Å². The van der Waals surface area contributed by atoms with Gasteiger partial charge >= 0.3 is 0 Å². The first-order valence-corrected chi connectivity index (χ1v) is 5.17. The molecule has 0 aliphatic heterocycles. The van der Waals surface area contributed by atoms with Gasteiger partial charge in [-0.05, 0) is 24.3 Å². The molecule has 0 saturated carbocycles. The third-order valence-corrected chi connectivity index (χ3v) is 2.53. The molecule has 3 rings (SSSR count). The number of ether oxygens (including phenoxy) is 1. The molecule has 3 heterocycles. The molecule has 5 nitrogen and oxygen atoms in total. The van der Waals surface area contributed by atoms with Gasteiger partial charge in [0.05, 0.1) is 13.3 Å². The Morgan fingerprint density at radius 3 is 2.88 bits per heavy atom. The molecule has 3 aromatic rings. The zero-order valence-electron chi connectivity index (χ0n) is 9.24. The Kier molecular flexibility index (Phi) is 2.22. The van der Waals surface area contributed by atoms with E-state index in [1.807, 2.05) is 34.9 Å². The van der Waals surface area contributed by atoms with Crippen molar-refractivity contribution < 1.29 is 4.74 Å². The minimum absolute atomic E-state index is 0.756. The van der Waals surface area contributed by atoms with Gasteiger partial charge in [0.2, 0.25) is 0 Å². The van der Waals surface area contributed by atoms with E-state index in [1.165, 1.54) is 0 Å². The quantitative estimate of drug-likeness (QED) is 0.668. The van der Waals surface area contributed by atoms with Crippen LogP contribution in [-0.4, -0.2) is 26.7 Å². The Balaban J connectivity index is 2.23. The fourth-order valence-corrected chi connectivity index (χ4v) is 1.68. The average Bonchev–Trinajstić information content (AvgIpc) is 2.82. The number of rotatable bonds is 2. The summed E-state index contributed by atoms with van der Waals surface area (Å²) in [6.45, 7) is 0. The molecular weight excluding hydrogens is 216 g/mol. The van der Waals surface area contributed by atoms with E-state index >= 15 is 0 Å². The van der Waals surface area contributed by atoms with Gasteiger partial charge in [-0.15, -0.1) is 10.2 Å². The van der Waals surface area contributed by atoms with Crippen LogP contribution >= 0.6 is 0 Å². The molecular formula is C12H10N4O. The van der Waals surface area contributed by atoms with Crippen LogP contribution in [0.2, 0.25) is 0 Å². The van der Waals surface area contributed by atoms with Crippen molar-refractivity contribution in [3.05, 3.63) is 42.9 Å². The smallest absolute Gasteiger partial charge is 0.170 e. The number of fused-ring (bicyclic) bond motifs is 1. The molecule has 0 aliphatic rings. The lowest BCUT2D eigenvalue weighted by atomic mass is 10.3. The summed E-state index contributed by atoms with van der Waals surface area (Å²) in [4.78, 5) is 4.08. The molecule has 5 heteroatoms. The Morgan fingerprint density at radius 1 is 1.18 bits per heavy atom. The van der Waals surface area contributed by atoms with Gasteiger partial charge in [0, 0.05) is 18.0 Å². The van der Waals surface area contributed by atoms with Crippen molar-refractivity contribution in [2.75, 3.05) is 7.11 Å². The monoisotopic (exact) mass is 226 g/mol. The SMILES string of the molecule is COc1ccc2nnc(-c3cccnc3)n2c1. The highest BCUT2D eigenvalue weighted by molar-refractivity contribution is 5.58. The second-order valence-corrected chi connectivity index (χ2v) is 3.56. The van der Waals surface area contributed by atoms with E-state index in [4.69, 9.17) is 4.74 Å². The predicted molar refractivity (Wildman–Crippen MR) is 62.8 cm³/mol. The number of pyridine rings is 2. The standard InChI is InChI=1S/C12H10N4O/c1-17-10-4-5-11-14-15-12(16(11)8-10)9-3-2-6-13-7-9/h2-8H,1H3. The molecule has 0 N–H and O–H groups in total. The number of aromatic nitrogens is 4. The fraction of sp³-hybridized carbons (Fsp3) is 0.0833. The van der Waals surface area contributed by atoms with E-state index < -0.39 is 0 Å². The van der Waals surface area contributed by atoms with Crippen molar-refractivity contribution in [2.45, 2.75) is 0 Å². The maximum atomic E-state index is 5.19. The molecule has 0 aliphatic carbocycles. The molecule has 0 spiro atoms. The Bertz CT molecular complexity index is 648. The molecule has 0 amide bonds. The minimum atomic E-state index is 0.756. The normalized spacial score (nSPS) is 10.6. The van der Waals surface area contributed by atoms with Crippen LogP contribution in [0, 0.1) is 0 Å². The molecule has 0 fully saturated rings. The van der Waals surface area contributed by atoms with Gasteiger partial charge in [0.1, 0.15) is 5.75 Å². The molecule has 0 unspecified atom stereocenters. The van der Waals surface area contributed by atoms with Gasteiger partial charge in [0.15, 0.2) is 11.5 Å². The number of hydrogen-bond donors (Lipinski definition) is 0. The third kappa shape index (κ3) is 1.61. The van der Waals surface area contributed by atoms with E-state index in [1.54, 1.807) is 19.5 Å². The zero-order chi connectivity index (χ0) is 11.7. The summed E-state index contributed by atoms with van der Waals surface area (Å²) in [5.74, 6) is 1.52. The highest BCUT2D eigenvalue weighted by Gasteiger charge is 2.08. The summed E-state index contributed by atoms with van der Waals surface area (Å²) in [5, 5.41) is 8.26. The van der Waals surface area contributed by atoms with Crippen LogP contribution in [0.3, 0.4) is 0 Å². The van der Waals surface area contributed by atoms with Crippen molar-refractivity contribution in [1.29, 1.82) is 0 Å². The van der Waals surface area contributed by atoms with E-state index in [9.17, 15) is 0 Å². The maximum Gasteiger partial charge on any atom is 0.170 e. The second kappa shape index (κ2) is 3.86. The summed E-state index contributed by atoms with van der Waals surface area (Å²) < 4.78 is 7.08. The third-order valence-electron chi connectivity index (χ3n) is 2.53. The summed E-state index contributed by atoms with van der Waals surface area (Å²) in [6, 6.07) is 7.54. The van der Waals surface area contributed by atoms with Crippen molar-refractivity contribution in [3.63, 3.8) is 0 Å². The van der Waals surface area contributed by atoms with Crippen molar-refractivity contribution in [2.24, 2.45) is 0 Å². The summed E-state index contributed by atoms with van der Waals surface area (Å²) in [5.41, 5.74) is 1.71. The highest BCUT2D eigenvalue weighted by atomic mass is 16.5. The molecule has 84 valence electrons. The number of hydrogen-bond acceptors (Lipinski definition) is 4. The average molecular weight is 226 g/mol. The van der Waals surface area contributed by atoms with E-state index in [0.29, 0.717) is 0 Å². The summed E-state index contributed by atoms with van der Waals surface area (Å²) in [7, 11) is 1.63. The van der Waals surface area contributed by atoms with Crippen LogP contribution in [0.4, 0.5) is 0 Å². The topological polar surface area (TPSA) is 52.3 Å². The van der Waals surface area contributed by atoms with E-state index in [0.717, 1.165) is 22.8 Å². The van der Waals surface area contributed by atoms with Crippen molar-refractivity contribution in [1.82, 2.24) is 19.6 Å². The fourth-order valence-electron chi connectivity index (χ4n) is 1.68. The molecule has 0 saturated heterocycles. The van der Waals surface area contributed by atoms with E-state index in [2.05, 4.69) is 15.2 Å². The van der Waals surface area contributed by atoms with Crippen molar-refractivity contribution in [3.8, 4) is 17.1 Å². The Labute approximate surface area is 97.7 Å². The van der Waals surface area contributed by atoms with Gasteiger partial charge in [0.25, 0.3) is 0 Å². The van der Waals surface area contributed by atoms with Gasteiger partial charge in [-0.25, -0.2) is 0 Å². The summed E-state index contributed by atoms with van der Waals surface area (Å²) >= 11 is 0. The number of methoxy groups -OCH3 is 1. The zero-order valence-corrected chi connectivity index (χ0v) is 9.24. The lowest BCUT2D eigenvalue weighted by molar-refractivity contribution is 0.412. The first-order chi connectivity index (χ1) is 8.38. The van der Waals surface area contributed by atoms with E-state index in [-0.39, 0.29) is 0 Å². The van der Waals surface area contributed by atoms with Crippen LogP contribution in [0.1, 0.15) is 0 Å². The predicted octanol–water partition coefficient (Wildman–Crippen LogP) is 1.80. The van der Waals surface area contributed by atoms with Crippen LogP contribution in [0.15, 0.2) is 42.9 Å². The van der Waals surface area contributed by atoms with Gasteiger partial charge in [-0.2, -0.15) is 0 Å². The molecule has 17 heavy (non-hydrogen) atoms. The first kappa shape index (κ1) is 9.77. The molecule has 0 atom stereocenters. The van der Waals surface area contributed by atoms with Gasteiger partial charge in [-0.1, -0.05) is 0 Å². The first-order valence-electron chi connectivity index (χ1n) is 5.17. The minimum Gasteiger partial charge on any atom is -0.495 e. The van der Waals surface area contributed by atoms with Crippen LogP contribution in [0.5, 0.6) is 5.75 Å².